The molecule has 0 N–H and O–H groups in total. The molecule has 3 aromatic carbocycles. The van der Waals surface area contributed by atoms with Gasteiger partial charge in [0.2, 0.25) is 0 Å². The average Bonchev–Trinajstić information content (AvgIpc) is 2.96. The van der Waals surface area contributed by atoms with Crippen molar-refractivity contribution in [2.24, 2.45) is 17.8 Å². The fourth-order valence-corrected chi connectivity index (χ4v) is 8.69. The first-order chi connectivity index (χ1) is 19.1. The predicted molar refractivity (Wildman–Crippen MR) is 155 cm³/mol. The third-order valence-corrected chi connectivity index (χ3v) is 9.95. The van der Waals surface area contributed by atoms with Crippen LogP contribution in [0.5, 0.6) is 5.75 Å². The van der Waals surface area contributed by atoms with Crippen LogP contribution in [0.1, 0.15) is 61.4 Å². The van der Waals surface area contributed by atoms with Gasteiger partial charge in [0.1, 0.15) is 5.75 Å². The molecule has 0 spiro atoms. The lowest BCUT2D eigenvalue weighted by atomic mass is 9.48. The number of morpholine rings is 1. The molecule has 1 saturated heterocycles. The molecule has 204 valence electrons. The molecule has 0 atom stereocenters. The van der Waals surface area contributed by atoms with Crippen LogP contribution in [0.25, 0.3) is 21.9 Å². The Morgan fingerprint density at radius 2 is 1.62 bits per heavy atom. The number of benzene rings is 3. The lowest BCUT2D eigenvalue weighted by Gasteiger charge is -2.57. The number of ether oxygens (including phenoxy) is 3. The van der Waals surface area contributed by atoms with Gasteiger partial charge in [0.25, 0.3) is 0 Å². The van der Waals surface area contributed by atoms with Crippen molar-refractivity contribution in [1.29, 1.82) is 0 Å². The fourth-order valence-electron chi connectivity index (χ4n) is 8.69. The number of methoxy groups -OCH3 is 1. The number of carbonyl (C=O) groups is 1. The second kappa shape index (κ2) is 9.85. The minimum atomic E-state index is -0.319. The van der Waals surface area contributed by atoms with Crippen LogP contribution < -0.4 is 9.64 Å². The van der Waals surface area contributed by atoms with E-state index < -0.39 is 0 Å². The number of hydrogen-bond acceptors (Lipinski definition) is 5. The van der Waals surface area contributed by atoms with Crippen molar-refractivity contribution in [2.75, 3.05) is 44.9 Å². The van der Waals surface area contributed by atoms with Crippen LogP contribution in [-0.2, 0) is 14.9 Å². The standard InChI is InChI=1S/C34H39NO4/c1-3-39-32-28(25-4-6-26(7-5-25)33(36)37-2)9-8-27-17-31(35-10-12-38-13-11-35)30(18-29(27)32)34-19-22-14-23(20-34)16-24(15-22)21-34/h4-9,17-18,22-24H,3,10-16,19-21H2,1-2H3. The first-order valence-electron chi connectivity index (χ1n) is 14.8. The van der Waals surface area contributed by atoms with E-state index in [1.807, 2.05) is 24.3 Å². The third kappa shape index (κ3) is 4.30. The van der Waals surface area contributed by atoms with Gasteiger partial charge in [-0.25, -0.2) is 4.79 Å². The summed E-state index contributed by atoms with van der Waals surface area (Å²) in [5, 5.41) is 2.43. The summed E-state index contributed by atoms with van der Waals surface area (Å²) in [5.41, 5.74) is 5.91. The van der Waals surface area contributed by atoms with Crippen molar-refractivity contribution in [3.8, 4) is 16.9 Å². The van der Waals surface area contributed by atoms with Gasteiger partial charge in [-0.3, -0.25) is 0 Å². The highest BCUT2D eigenvalue weighted by Crippen LogP contribution is 2.62. The second-order valence-corrected chi connectivity index (χ2v) is 12.3. The quantitative estimate of drug-likeness (QED) is 0.325. The normalized spacial score (nSPS) is 27.6. The summed E-state index contributed by atoms with van der Waals surface area (Å²) >= 11 is 0. The van der Waals surface area contributed by atoms with Crippen LogP contribution in [-0.4, -0.2) is 46.0 Å². The molecule has 4 aliphatic carbocycles. The number of rotatable bonds is 6. The van der Waals surface area contributed by atoms with Gasteiger partial charge < -0.3 is 19.1 Å². The number of hydrogen-bond donors (Lipinski definition) is 0. The third-order valence-electron chi connectivity index (χ3n) is 9.95. The average molecular weight is 526 g/mol. The van der Waals surface area contributed by atoms with Crippen molar-refractivity contribution < 1.29 is 19.0 Å². The van der Waals surface area contributed by atoms with Gasteiger partial charge in [-0.05, 0) is 109 Å². The van der Waals surface area contributed by atoms with Gasteiger partial charge in [-0.15, -0.1) is 0 Å². The summed E-state index contributed by atoms with van der Waals surface area (Å²) in [5.74, 6) is 3.28. The summed E-state index contributed by atoms with van der Waals surface area (Å²) in [6.45, 7) is 6.16. The van der Waals surface area contributed by atoms with Crippen molar-refractivity contribution in [1.82, 2.24) is 0 Å². The molecule has 5 heteroatoms. The van der Waals surface area contributed by atoms with Gasteiger partial charge in [0, 0.05) is 29.7 Å². The van der Waals surface area contributed by atoms with E-state index >= 15 is 0 Å². The number of nitrogens with zero attached hydrogens (tertiary/aromatic N) is 1. The second-order valence-electron chi connectivity index (χ2n) is 12.3. The topological polar surface area (TPSA) is 48.0 Å². The highest BCUT2D eigenvalue weighted by Gasteiger charge is 2.52. The number of fused-ring (bicyclic) bond motifs is 1. The van der Waals surface area contributed by atoms with E-state index in [9.17, 15) is 4.79 Å². The molecule has 0 aromatic heterocycles. The molecular formula is C34H39NO4. The van der Waals surface area contributed by atoms with E-state index in [-0.39, 0.29) is 11.4 Å². The minimum absolute atomic E-state index is 0.276. The highest BCUT2D eigenvalue weighted by atomic mass is 16.5. The van der Waals surface area contributed by atoms with Gasteiger partial charge in [0.15, 0.2) is 0 Å². The molecule has 4 bridgehead atoms. The lowest BCUT2D eigenvalue weighted by molar-refractivity contribution is -0.00502. The zero-order valence-corrected chi connectivity index (χ0v) is 23.2. The van der Waals surface area contributed by atoms with Crippen LogP contribution in [0.15, 0.2) is 48.5 Å². The Labute approximate surface area is 231 Å². The van der Waals surface area contributed by atoms with E-state index in [1.165, 1.54) is 62.1 Å². The molecule has 4 saturated carbocycles. The van der Waals surface area contributed by atoms with Crippen molar-refractivity contribution in [3.63, 3.8) is 0 Å². The Bertz CT molecular complexity index is 1350. The largest absolute Gasteiger partial charge is 0.493 e. The van der Waals surface area contributed by atoms with E-state index in [2.05, 4.69) is 36.1 Å². The monoisotopic (exact) mass is 525 g/mol. The maximum Gasteiger partial charge on any atom is 0.337 e. The van der Waals surface area contributed by atoms with Crippen LogP contribution >= 0.6 is 0 Å². The Morgan fingerprint density at radius 3 is 2.23 bits per heavy atom. The Hall–Kier alpha value is -3.05. The maximum atomic E-state index is 12.0. The van der Waals surface area contributed by atoms with E-state index in [0.29, 0.717) is 12.2 Å². The van der Waals surface area contributed by atoms with Gasteiger partial charge >= 0.3 is 5.97 Å². The summed E-state index contributed by atoms with van der Waals surface area (Å²) in [6.07, 6.45) is 8.32. The molecule has 5 fully saturated rings. The summed E-state index contributed by atoms with van der Waals surface area (Å²) in [7, 11) is 1.42. The van der Waals surface area contributed by atoms with Crippen LogP contribution in [0.3, 0.4) is 0 Å². The van der Waals surface area contributed by atoms with Crippen LogP contribution in [0, 0.1) is 17.8 Å². The van der Waals surface area contributed by atoms with Gasteiger partial charge in [0.05, 0.1) is 32.5 Å². The molecular weight excluding hydrogens is 486 g/mol. The molecule has 0 amide bonds. The first kappa shape index (κ1) is 25.0. The molecule has 3 aromatic rings. The smallest absolute Gasteiger partial charge is 0.337 e. The van der Waals surface area contributed by atoms with Crippen molar-refractivity contribution in [3.05, 3.63) is 59.7 Å². The van der Waals surface area contributed by atoms with Gasteiger partial charge in [-0.2, -0.15) is 0 Å². The van der Waals surface area contributed by atoms with Crippen molar-refractivity contribution >= 4 is 22.4 Å². The molecule has 0 radical (unpaired) electrons. The first-order valence-corrected chi connectivity index (χ1v) is 14.8. The Kier molecular flexibility index (Phi) is 6.30. The highest BCUT2D eigenvalue weighted by molar-refractivity contribution is 5.98. The Morgan fingerprint density at radius 1 is 0.949 bits per heavy atom. The van der Waals surface area contributed by atoms with Crippen LogP contribution in [0.2, 0.25) is 0 Å². The van der Waals surface area contributed by atoms with E-state index in [1.54, 1.807) is 5.56 Å². The fraction of sp³-hybridized carbons (Fsp3) is 0.500. The zero-order valence-electron chi connectivity index (χ0n) is 23.2. The SMILES string of the molecule is CCOc1c(-c2ccc(C(=O)OC)cc2)ccc2cc(N3CCOCC3)c(C34CC5CC(CC(C5)C3)C4)cc12. The maximum absolute atomic E-state index is 12.0. The van der Waals surface area contributed by atoms with Crippen molar-refractivity contribution in [2.45, 2.75) is 50.9 Å². The molecule has 5 nitrogen and oxygen atoms in total. The summed E-state index contributed by atoms with van der Waals surface area (Å²) in [6, 6.07) is 17.1. The van der Waals surface area contributed by atoms with E-state index in [4.69, 9.17) is 14.2 Å². The Balaban J connectivity index is 1.40. The lowest BCUT2D eigenvalue weighted by Crippen LogP contribution is -2.49. The number of carbonyl (C=O) groups excluding carboxylic acids is 1. The zero-order chi connectivity index (χ0) is 26.6. The summed E-state index contributed by atoms with van der Waals surface area (Å²) < 4.78 is 17.1. The predicted octanol–water partition coefficient (Wildman–Crippen LogP) is 7.00. The number of anilines is 1. The minimum Gasteiger partial charge on any atom is -0.493 e. The molecule has 1 aliphatic heterocycles. The molecule has 1 heterocycles. The number of esters is 1. The van der Waals surface area contributed by atoms with Gasteiger partial charge in [-0.1, -0.05) is 24.3 Å². The molecule has 5 aliphatic rings. The molecule has 39 heavy (non-hydrogen) atoms. The summed E-state index contributed by atoms with van der Waals surface area (Å²) in [4.78, 5) is 14.6. The molecule has 8 rings (SSSR count). The van der Waals surface area contributed by atoms with Crippen LogP contribution in [0.4, 0.5) is 5.69 Å². The molecule has 0 unspecified atom stereocenters. The van der Waals surface area contributed by atoms with E-state index in [0.717, 1.165) is 60.9 Å².